The average Bonchev–Trinajstić information content (AvgIpc) is 2.96. The lowest BCUT2D eigenvalue weighted by atomic mass is 9.52. The van der Waals surface area contributed by atoms with Crippen LogP contribution in [0.4, 0.5) is 0 Å². The van der Waals surface area contributed by atoms with Gasteiger partial charge in [0, 0.05) is 17.8 Å². The van der Waals surface area contributed by atoms with Crippen molar-refractivity contribution in [2.24, 2.45) is 17.3 Å². The summed E-state index contributed by atoms with van der Waals surface area (Å²) in [6.07, 6.45) is 4.15. The van der Waals surface area contributed by atoms with Crippen molar-refractivity contribution in [2.75, 3.05) is 13.1 Å². The number of aliphatic hydroxyl groups is 2. The number of carbonyl (C=O) groups is 1. The molecule has 0 aromatic heterocycles. The number of ketones is 1. The highest BCUT2D eigenvalue weighted by Gasteiger charge is 2.74. The second-order valence-corrected chi connectivity index (χ2v) is 7.55. The number of hydrogen-bond acceptors (Lipinski definition) is 4. The molecule has 20 heavy (non-hydrogen) atoms. The quantitative estimate of drug-likeness (QED) is 0.693. The van der Waals surface area contributed by atoms with E-state index in [4.69, 9.17) is 0 Å². The molecular weight excluding hydrogens is 254 g/mol. The van der Waals surface area contributed by atoms with Crippen LogP contribution in [0.2, 0.25) is 0 Å². The van der Waals surface area contributed by atoms with Gasteiger partial charge in [-0.15, -0.1) is 0 Å². The Morgan fingerprint density at radius 1 is 1.20 bits per heavy atom. The van der Waals surface area contributed by atoms with Gasteiger partial charge in [0.05, 0.1) is 17.7 Å². The van der Waals surface area contributed by atoms with Gasteiger partial charge in [0.15, 0.2) is 5.78 Å². The zero-order valence-corrected chi connectivity index (χ0v) is 12.2. The van der Waals surface area contributed by atoms with Crippen LogP contribution >= 0.6 is 0 Å². The van der Waals surface area contributed by atoms with Crippen molar-refractivity contribution < 1.29 is 15.0 Å². The summed E-state index contributed by atoms with van der Waals surface area (Å²) in [6.45, 7) is 3.97. The van der Waals surface area contributed by atoms with Crippen molar-refractivity contribution in [2.45, 2.75) is 63.2 Å². The zero-order valence-electron chi connectivity index (χ0n) is 12.2. The van der Waals surface area contributed by atoms with Gasteiger partial charge in [0.1, 0.15) is 0 Å². The number of carbonyl (C=O) groups excluding carboxylic acids is 1. The molecule has 2 aliphatic carbocycles. The van der Waals surface area contributed by atoms with Crippen molar-refractivity contribution in [1.29, 1.82) is 0 Å². The van der Waals surface area contributed by atoms with E-state index in [1.54, 1.807) is 0 Å². The fraction of sp³-hybridized carbons (Fsp3) is 0.938. The SMILES string of the molecule is C[C@H]1C[C@H](O)[C@]23CCCN4CCC[C@]42C(=O)C[C@@H]3[C@H]1O. The standard InChI is InChI=1S/C16H25NO3/c1-10-8-12(18)15-4-2-6-17-7-3-5-16(15,17)13(19)9-11(15)14(10)20/h10-12,14,18,20H,2-9H2,1H3/t10-,11+,12-,14-,15+,16+/m0/s1. The Labute approximate surface area is 120 Å². The molecule has 2 N–H and O–H groups in total. The number of piperidine rings is 1. The summed E-state index contributed by atoms with van der Waals surface area (Å²) < 4.78 is 0. The molecule has 0 aromatic rings. The molecule has 2 saturated carbocycles. The first-order valence-electron chi connectivity index (χ1n) is 8.18. The maximum absolute atomic E-state index is 12.9. The third-order valence-corrected chi connectivity index (χ3v) is 7.01. The van der Waals surface area contributed by atoms with E-state index in [9.17, 15) is 15.0 Å². The lowest BCUT2D eigenvalue weighted by molar-refractivity contribution is -0.186. The van der Waals surface area contributed by atoms with E-state index in [1.807, 2.05) is 6.92 Å². The first-order chi connectivity index (χ1) is 9.54. The van der Waals surface area contributed by atoms with Crippen molar-refractivity contribution in [3.8, 4) is 0 Å². The number of aliphatic hydroxyl groups excluding tert-OH is 2. The molecule has 4 fully saturated rings. The fourth-order valence-electron chi connectivity index (χ4n) is 6.31. The summed E-state index contributed by atoms with van der Waals surface area (Å²) >= 11 is 0. The van der Waals surface area contributed by atoms with Crippen molar-refractivity contribution in [3.05, 3.63) is 0 Å². The van der Waals surface area contributed by atoms with Gasteiger partial charge in [-0.1, -0.05) is 6.92 Å². The molecule has 0 bridgehead atoms. The number of hydrogen-bond donors (Lipinski definition) is 2. The van der Waals surface area contributed by atoms with E-state index in [-0.39, 0.29) is 17.3 Å². The van der Waals surface area contributed by atoms with Crippen LogP contribution in [0.5, 0.6) is 0 Å². The van der Waals surface area contributed by atoms with Crippen LogP contribution < -0.4 is 0 Å². The molecule has 4 heteroatoms. The van der Waals surface area contributed by atoms with E-state index in [0.717, 1.165) is 38.8 Å². The summed E-state index contributed by atoms with van der Waals surface area (Å²) in [4.78, 5) is 15.3. The molecule has 0 unspecified atom stereocenters. The largest absolute Gasteiger partial charge is 0.393 e. The summed E-state index contributed by atoms with van der Waals surface area (Å²) in [5.41, 5.74) is -0.818. The number of rotatable bonds is 0. The van der Waals surface area contributed by atoms with Crippen molar-refractivity contribution >= 4 is 5.78 Å². The Morgan fingerprint density at radius 2 is 1.90 bits per heavy atom. The summed E-state index contributed by atoms with van der Waals surface area (Å²) in [5, 5.41) is 21.6. The molecule has 6 atom stereocenters. The van der Waals surface area contributed by atoms with E-state index < -0.39 is 17.7 Å². The first kappa shape index (κ1) is 13.2. The zero-order chi connectivity index (χ0) is 14.1. The summed E-state index contributed by atoms with van der Waals surface area (Å²) in [7, 11) is 0. The third kappa shape index (κ3) is 1.23. The van der Waals surface area contributed by atoms with Crippen LogP contribution in [-0.2, 0) is 4.79 Å². The molecular formula is C16H25NO3. The Kier molecular flexibility index (Phi) is 2.68. The molecule has 0 amide bonds. The molecule has 2 heterocycles. The van der Waals surface area contributed by atoms with Gasteiger partial charge in [0.25, 0.3) is 0 Å². The molecule has 2 saturated heterocycles. The Morgan fingerprint density at radius 3 is 2.65 bits per heavy atom. The van der Waals surface area contributed by atoms with E-state index in [1.165, 1.54) is 0 Å². The maximum atomic E-state index is 12.9. The lowest BCUT2D eigenvalue weighted by Gasteiger charge is -2.59. The monoisotopic (exact) mass is 279 g/mol. The van der Waals surface area contributed by atoms with Gasteiger partial charge >= 0.3 is 0 Å². The number of nitrogens with zero attached hydrogens (tertiary/aromatic N) is 1. The first-order valence-corrected chi connectivity index (χ1v) is 8.18. The molecule has 4 nitrogen and oxygen atoms in total. The van der Waals surface area contributed by atoms with Crippen LogP contribution in [0.3, 0.4) is 0 Å². The van der Waals surface area contributed by atoms with E-state index in [2.05, 4.69) is 4.90 Å². The second-order valence-electron chi connectivity index (χ2n) is 7.55. The molecule has 112 valence electrons. The maximum Gasteiger partial charge on any atom is 0.154 e. The minimum atomic E-state index is -0.448. The fourth-order valence-corrected chi connectivity index (χ4v) is 6.31. The molecule has 0 radical (unpaired) electrons. The molecule has 2 spiro atoms. The average molecular weight is 279 g/mol. The van der Waals surface area contributed by atoms with Crippen LogP contribution in [0.1, 0.15) is 45.4 Å². The second kappa shape index (κ2) is 4.05. The highest BCUT2D eigenvalue weighted by molar-refractivity contribution is 5.93. The predicted octanol–water partition coefficient (Wildman–Crippen LogP) is 0.952. The van der Waals surface area contributed by atoms with Crippen LogP contribution in [0.25, 0.3) is 0 Å². The van der Waals surface area contributed by atoms with E-state index >= 15 is 0 Å². The number of Topliss-reactive ketones (excluding diaryl/α,β-unsaturated/α-hetero) is 1. The van der Waals surface area contributed by atoms with Gasteiger partial charge < -0.3 is 10.2 Å². The molecule has 2 aliphatic heterocycles. The summed E-state index contributed by atoms with van der Waals surface area (Å²) in [5.74, 6) is 0.363. The van der Waals surface area contributed by atoms with Crippen molar-refractivity contribution in [3.63, 3.8) is 0 Å². The van der Waals surface area contributed by atoms with Crippen LogP contribution in [0.15, 0.2) is 0 Å². The Hall–Kier alpha value is -0.450. The predicted molar refractivity (Wildman–Crippen MR) is 74.1 cm³/mol. The van der Waals surface area contributed by atoms with Crippen LogP contribution in [-0.4, -0.2) is 51.7 Å². The highest BCUT2D eigenvalue weighted by Crippen LogP contribution is 2.65. The topological polar surface area (TPSA) is 60.8 Å². The van der Waals surface area contributed by atoms with Gasteiger partial charge in [-0.2, -0.15) is 0 Å². The summed E-state index contributed by atoms with van der Waals surface area (Å²) in [6, 6.07) is 0. The Bertz CT molecular complexity index is 453. The molecule has 4 aliphatic rings. The highest BCUT2D eigenvalue weighted by atomic mass is 16.3. The van der Waals surface area contributed by atoms with E-state index in [0.29, 0.717) is 18.6 Å². The smallest absolute Gasteiger partial charge is 0.154 e. The van der Waals surface area contributed by atoms with Crippen molar-refractivity contribution in [1.82, 2.24) is 4.90 Å². The van der Waals surface area contributed by atoms with Gasteiger partial charge in [-0.25, -0.2) is 0 Å². The van der Waals surface area contributed by atoms with Gasteiger partial charge in [-0.3, -0.25) is 9.69 Å². The minimum Gasteiger partial charge on any atom is -0.393 e. The normalized spacial score (nSPS) is 55.5. The minimum absolute atomic E-state index is 0.0327. The Balaban J connectivity index is 1.88. The molecule has 4 rings (SSSR count). The van der Waals surface area contributed by atoms with Crippen LogP contribution in [0, 0.1) is 17.3 Å². The van der Waals surface area contributed by atoms with Gasteiger partial charge in [0.2, 0.25) is 0 Å². The third-order valence-electron chi connectivity index (χ3n) is 7.01. The van der Waals surface area contributed by atoms with Gasteiger partial charge in [-0.05, 0) is 51.1 Å². The molecule has 0 aromatic carbocycles. The lowest BCUT2D eigenvalue weighted by Crippen LogP contribution is -2.69.